The first-order chi connectivity index (χ1) is 14.2. The zero-order valence-corrected chi connectivity index (χ0v) is 16.7. The van der Waals surface area contributed by atoms with Gasteiger partial charge < -0.3 is 14.2 Å². The van der Waals surface area contributed by atoms with Crippen LogP contribution in [-0.2, 0) is 11.3 Å². The van der Waals surface area contributed by atoms with Crippen LogP contribution in [0.5, 0.6) is 0 Å². The van der Waals surface area contributed by atoms with Crippen LogP contribution in [0.3, 0.4) is 0 Å². The van der Waals surface area contributed by atoms with Crippen LogP contribution in [0.2, 0.25) is 0 Å². The Kier molecular flexibility index (Phi) is 6.12. The summed E-state index contributed by atoms with van der Waals surface area (Å²) >= 11 is 0. The molecule has 0 unspecified atom stereocenters. The highest BCUT2D eigenvalue weighted by atomic mass is 16.5. The number of ether oxygens (including phenoxy) is 1. The largest absolute Gasteiger partial charge is 0.385 e. The van der Waals surface area contributed by atoms with Crippen molar-refractivity contribution in [3.8, 4) is 0 Å². The molecule has 8 heteroatoms. The Morgan fingerprint density at radius 2 is 2.03 bits per heavy atom. The minimum atomic E-state index is 0.0257. The lowest BCUT2D eigenvalue weighted by molar-refractivity contribution is 0.0624. The molecule has 0 aliphatic carbocycles. The van der Waals surface area contributed by atoms with Crippen molar-refractivity contribution in [2.24, 2.45) is 0 Å². The fourth-order valence-electron chi connectivity index (χ4n) is 3.66. The Labute approximate surface area is 170 Å². The summed E-state index contributed by atoms with van der Waals surface area (Å²) in [5, 5.41) is 0. The first-order valence-electron chi connectivity index (χ1n) is 9.95. The zero-order chi connectivity index (χ0) is 20.1. The highest BCUT2D eigenvalue weighted by Gasteiger charge is 2.22. The number of methoxy groups -OCH3 is 1. The van der Waals surface area contributed by atoms with Crippen molar-refractivity contribution in [1.82, 2.24) is 29.3 Å². The van der Waals surface area contributed by atoms with Crippen molar-refractivity contribution in [3.05, 3.63) is 54.2 Å². The van der Waals surface area contributed by atoms with Crippen LogP contribution >= 0.6 is 0 Å². The molecule has 3 aromatic heterocycles. The van der Waals surface area contributed by atoms with Gasteiger partial charge in [0.2, 0.25) is 0 Å². The number of rotatable bonds is 7. The van der Waals surface area contributed by atoms with Gasteiger partial charge in [-0.2, -0.15) is 0 Å². The number of pyridine rings is 2. The quantitative estimate of drug-likeness (QED) is 0.568. The van der Waals surface area contributed by atoms with Crippen LogP contribution < -0.4 is 0 Å². The Morgan fingerprint density at radius 1 is 1.17 bits per heavy atom. The zero-order valence-electron chi connectivity index (χ0n) is 16.7. The van der Waals surface area contributed by atoms with Gasteiger partial charge in [-0.15, -0.1) is 0 Å². The van der Waals surface area contributed by atoms with Gasteiger partial charge in [0.25, 0.3) is 5.91 Å². The summed E-state index contributed by atoms with van der Waals surface area (Å²) < 4.78 is 7.08. The number of carbonyl (C=O) groups is 1. The molecule has 0 bridgehead atoms. The summed E-state index contributed by atoms with van der Waals surface area (Å²) in [7, 11) is 1.73. The van der Waals surface area contributed by atoms with E-state index >= 15 is 0 Å². The fourth-order valence-corrected chi connectivity index (χ4v) is 3.66. The molecular weight excluding hydrogens is 368 g/mol. The smallest absolute Gasteiger partial charge is 0.255 e. The van der Waals surface area contributed by atoms with Crippen molar-refractivity contribution in [2.45, 2.75) is 13.0 Å². The highest BCUT2D eigenvalue weighted by Crippen LogP contribution is 2.16. The second-order valence-electron chi connectivity index (χ2n) is 7.28. The van der Waals surface area contributed by atoms with Crippen LogP contribution in [-0.4, -0.2) is 81.7 Å². The van der Waals surface area contributed by atoms with E-state index in [0.29, 0.717) is 12.1 Å². The molecule has 3 aromatic rings. The molecule has 1 amide bonds. The number of aromatic nitrogens is 4. The van der Waals surface area contributed by atoms with Gasteiger partial charge in [-0.1, -0.05) is 6.07 Å². The molecule has 1 fully saturated rings. The van der Waals surface area contributed by atoms with Crippen molar-refractivity contribution in [1.29, 1.82) is 0 Å². The lowest BCUT2D eigenvalue weighted by Crippen LogP contribution is -2.49. The predicted molar refractivity (Wildman–Crippen MR) is 110 cm³/mol. The maximum Gasteiger partial charge on any atom is 0.255 e. The molecule has 0 atom stereocenters. The van der Waals surface area contributed by atoms with E-state index < -0.39 is 0 Å². The van der Waals surface area contributed by atoms with Gasteiger partial charge in [0.05, 0.1) is 18.4 Å². The summed E-state index contributed by atoms with van der Waals surface area (Å²) in [5.74, 6) is 0.0257. The standard InChI is InChI=1S/C21H26N6O2/c1-29-11-3-6-25-7-9-26(10-8-25)21(28)18-12-19-20(23-14-18)27(16-24-19)15-17-4-2-5-22-13-17/h2,4-5,12-14,16H,3,6-11,15H2,1H3. The van der Waals surface area contributed by atoms with Gasteiger partial charge in [0.15, 0.2) is 5.65 Å². The molecule has 0 N–H and O–H groups in total. The van der Waals surface area contributed by atoms with Crippen molar-refractivity contribution in [3.63, 3.8) is 0 Å². The first-order valence-corrected chi connectivity index (χ1v) is 9.95. The topological polar surface area (TPSA) is 76.4 Å². The Balaban J connectivity index is 1.40. The molecular formula is C21H26N6O2. The average Bonchev–Trinajstić information content (AvgIpc) is 3.16. The summed E-state index contributed by atoms with van der Waals surface area (Å²) in [6.45, 7) is 5.69. The third kappa shape index (κ3) is 4.60. The molecule has 152 valence electrons. The number of imidazole rings is 1. The molecule has 0 aromatic carbocycles. The number of nitrogens with zero attached hydrogens (tertiary/aromatic N) is 6. The number of fused-ring (bicyclic) bond motifs is 1. The predicted octanol–water partition coefficient (Wildman–Crippen LogP) is 1.67. The second-order valence-corrected chi connectivity index (χ2v) is 7.28. The SMILES string of the molecule is COCCCN1CCN(C(=O)c2cnc3c(c2)ncn3Cc2cccnc2)CC1. The summed E-state index contributed by atoms with van der Waals surface area (Å²) in [5.41, 5.74) is 3.18. The number of amides is 1. The summed E-state index contributed by atoms with van der Waals surface area (Å²) in [6, 6.07) is 5.77. The minimum Gasteiger partial charge on any atom is -0.385 e. The molecule has 29 heavy (non-hydrogen) atoms. The summed E-state index contributed by atoms with van der Waals surface area (Å²) in [4.78, 5) is 30.3. The van der Waals surface area contributed by atoms with Crippen LogP contribution in [0.15, 0.2) is 43.1 Å². The number of carbonyl (C=O) groups excluding carboxylic acids is 1. The third-order valence-electron chi connectivity index (χ3n) is 5.26. The molecule has 1 aliphatic heterocycles. The minimum absolute atomic E-state index is 0.0257. The van der Waals surface area contributed by atoms with Gasteiger partial charge in [0, 0.05) is 65.0 Å². The van der Waals surface area contributed by atoms with Crippen molar-refractivity contribution in [2.75, 3.05) is 46.4 Å². The van der Waals surface area contributed by atoms with Crippen LogP contribution in [0.4, 0.5) is 0 Å². The molecule has 8 nitrogen and oxygen atoms in total. The van der Waals surface area contributed by atoms with E-state index in [0.717, 1.165) is 62.5 Å². The Morgan fingerprint density at radius 3 is 2.79 bits per heavy atom. The lowest BCUT2D eigenvalue weighted by atomic mass is 10.2. The Hall–Kier alpha value is -2.84. The fraction of sp³-hybridized carbons (Fsp3) is 0.429. The molecule has 1 saturated heterocycles. The maximum atomic E-state index is 12.9. The van der Waals surface area contributed by atoms with Crippen LogP contribution in [0.1, 0.15) is 22.3 Å². The maximum absolute atomic E-state index is 12.9. The van der Waals surface area contributed by atoms with Gasteiger partial charge in [-0.25, -0.2) is 9.97 Å². The Bertz CT molecular complexity index is 950. The molecule has 0 radical (unpaired) electrons. The van der Waals surface area contributed by atoms with Crippen molar-refractivity contribution < 1.29 is 9.53 Å². The summed E-state index contributed by atoms with van der Waals surface area (Å²) in [6.07, 6.45) is 8.03. The monoisotopic (exact) mass is 394 g/mol. The molecule has 4 rings (SSSR count). The molecule has 1 aliphatic rings. The first kappa shape index (κ1) is 19.5. The van der Waals surface area contributed by atoms with E-state index in [1.807, 2.05) is 33.9 Å². The lowest BCUT2D eigenvalue weighted by Gasteiger charge is -2.34. The average molecular weight is 394 g/mol. The normalized spacial score (nSPS) is 15.1. The molecule has 4 heterocycles. The van der Waals surface area contributed by atoms with E-state index in [-0.39, 0.29) is 5.91 Å². The number of hydrogen-bond acceptors (Lipinski definition) is 6. The van der Waals surface area contributed by atoms with E-state index in [1.165, 1.54) is 0 Å². The van der Waals surface area contributed by atoms with Gasteiger partial charge in [-0.3, -0.25) is 14.7 Å². The van der Waals surface area contributed by atoms with Crippen molar-refractivity contribution >= 4 is 17.1 Å². The van der Waals surface area contributed by atoms with E-state index in [2.05, 4.69) is 19.9 Å². The number of piperazine rings is 1. The van der Waals surface area contributed by atoms with Crippen LogP contribution in [0.25, 0.3) is 11.2 Å². The molecule has 0 saturated carbocycles. The second kappa shape index (κ2) is 9.11. The third-order valence-corrected chi connectivity index (χ3v) is 5.26. The highest BCUT2D eigenvalue weighted by molar-refractivity contribution is 5.96. The van der Waals surface area contributed by atoms with E-state index in [1.54, 1.807) is 25.8 Å². The van der Waals surface area contributed by atoms with E-state index in [9.17, 15) is 4.79 Å². The van der Waals surface area contributed by atoms with Gasteiger partial charge in [-0.05, 0) is 24.1 Å². The number of hydrogen-bond donors (Lipinski definition) is 0. The van der Waals surface area contributed by atoms with Crippen LogP contribution in [0, 0.1) is 0 Å². The van der Waals surface area contributed by atoms with E-state index in [4.69, 9.17) is 4.74 Å². The molecule has 0 spiro atoms. The van der Waals surface area contributed by atoms with Gasteiger partial charge >= 0.3 is 0 Å². The van der Waals surface area contributed by atoms with Gasteiger partial charge in [0.1, 0.15) is 5.52 Å².